The highest BCUT2D eigenvalue weighted by Crippen LogP contribution is 2.23. The quantitative estimate of drug-likeness (QED) is 0.780. The van der Waals surface area contributed by atoms with E-state index in [0.717, 1.165) is 37.8 Å². The van der Waals surface area contributed by atoms with Gasteiger partial charge in [-0.15, -0.1) is 0 Å². The van der Waals surface area contributed by atoms with Crippen LogP contribution < -0.4 is 10.5 Å². The number of nitrogens with zero attached hydrogens (tertiary/aromatic N) is 5. The molecule has 0 bridgehead atoms. The zero-order valence-electron chi connectivity index (χ0n) is 14.5. The number of alkyl halides is 2. The molecule has 9 heteroatoms. The maximum absolute atomic E-state index is 12.6. The Morgan fingerprint density at radius 2 is 2.08 bits per heavy atom. The molecule has 2 aromatic rings. The largest absolute Gasteiger partial charge is 0.377 e. The number of methoxy groups -OCH3 is 1. The second-order valence-electron chi connectivity index (χ2n) is 6.30. The van der Waals surface area contributed by atoms with Crippen LogP contribution in [0.4, 0.5) is 14.6 Å². The van der Waals surface area contributed by atoms with E-state index < -0.39 is 17.7 Å². The molecule has 0 unspecified atom stereocenters. The van der Waals surface area contributed by atoms with Gasteiger partial charge in [0.1, 0.15) is 18.1 Å². The normalized spacial score (nSPS) is 15.6. The summed E-state index contributed by atoms with van der Waals surface area (Å²) in [5.41, 5.74) is -0.908. The van der Waals surface area contributed by atoms with Crippen molar-refractivity contribution < 1.29 is 13.5 Å². The van der Waals surface area contributed by atoms with Crippen LogP contribution in [0.15, 0.2) is 29.5 Å². The molecule has 26 heavy (non-hydrogen) atoms. The minimum atomic E-state index is -2.73. The zero-order valence-corrected chi connectivity index (χ0v) is 14.5. The second-order valence-corrected chi connectivity index (χ2v) is 6.30. The van der Waals surface area contributed by atoms with Crippen molar-refractivity contribution >= 4 is 5.82 Å². The summed E-state index contributed by atoms with van der Waals surface area (Å²) in [6.07, 6.45) is 1.98. The Hall–Kier alpha value is -2.42. The van der Waals surface area contributed by atoms with Gasteiger partial charge in [-0.25, -0.2) is 23.7 Å². The lowest BCUT2D eigenvalue weighted by Crippen LogP contribution is -2.37. The van der Waals surface area contributed by atoms with Gasteiger partial charge in [0.05, 0.1) is 6.33 Å². The van der Waals surface area contributed by atoms with E-state index in [1.807, 2.05) is 6.07 Å². The molecule has 0 radical (unpaired) electrons. The Morgan fingerprint density at radius 3 is 2.73 bits per heavy atom. The Balaban J connectivity index is 1.59. The van der Waals surface area contributed by atoms with E-state index in [0.29, 0.717) is 24.9 Å². The first kappa shape index (κ1) is 18.4. The van der Waals surface area contributed by atoms with E-state index in [1.54, 1.807) is 13.3 Å². The summed E-state index contributed by atoms with van der Waals surface area (Å²) in [5, 5.41) is 0. The number of rotatable bonds is 6. The Kier molecular flexibility index (Phi) is 5.87. The van der Waals surface area contributed by atoms with Gasteiger partial charge in [0.2, 0.25) is 0 Å². The van der Waals surface area contributed by atoms with Crippen LogP contribution in [0.2, 0.25) is 0 Å². The lowest BCUT2D eigenvalue weighted by Gasteiger charge is -2.33. The molecule has 2 aromatic heterocycles. The Labute approximate surface area is 149 Å². The van der Waals surface area contributed by atoms with Crippen molar-refractivity contribution in [3.63, 3.8) is 0 Å². The van der Waals surface area contributed by atoms with Crippen LogP contribution in [0.1, 0.15) is 30.8 Å². The summed E-state index contributed by atoms with van der Waals surface area (Å²) in [7, 11) is 1.60. The van der Waals surface area contributed by atoms with Crippen LogP contribution in [0, 0.1) is 5.92 Å². The average molecular weight is 365 g/mol. The van der Waals surface area contributed by atoms with Gasteiger partial charge in [-0.05, 0) is 24.8 Å². The van der Waals surface area contributed by atoms with E-state index in [9.17, 15) is 13.6 Å². The number of aromatic nitrogens is 4. The molecule has 0 saturated carbocycles. The first-order valence-corrected chi connectivity index (χ1v) is 8.47. The fourth-order valence-corrected chi connectivity index (χ4v) is 3.08. The summed E-state index contributed by atoms with van der Waals surface area (Å²) in [4.78, 5) is 26.5. The molecule has 0 atom stereocenters. The Morgan fingerprint density at radius 1 is 1.31 bits per heavy atom. The van der Waals surface area contributed by atoms with Crippen molar-refractivity contribution in [3.05, 3.63) is 46.5 Å². The first-order chi connectivity index (χ1) is 12.6. The van der Waals surface area contributed by atoms with Crippen molar-refractivity contribution in [1.29, 1.82) is 0 Å². The predicted molar refractivity (Wildman–Crippen MR) is 91.1 cm³/mol. The van der Waals surface area contributed by atoms with Gasteiger partial charge in [-0.3, -0.25) is 9.36 Å². The molecule has 3 heterocycles. The third-order valence-electron chi connectivity index (χ3n) is 4.48. The summed E-state index contributed by atoms with van der Waals surface area (Å²) >= 11 is 0. The van der Waals surface area contributed by atoms with Gasteiger partial charge < -0.3 is 9.64 Å². The van der Waals surface area contributed by atoms with Crippen molar-refractivity contribution in [1.82, 2.24) is 19.5 Å². The zero-order chi connectivity index (χ0) is 18.5. The van der Waals surface area contributed by atoms with Crippen LogP contribution in [-0.4, -0.2) is 39.7 Å². The number of ether oxygens (including phenoxy) is 1. The molecular weight excluding hydrogens is 344 g/mol. The fourth-order valence-electron chi connectivity index (χ4n) is 3.08. The maximum Gasteiger partial charge on any atom is 0.280 e. The van der Waals surface area contributed by atoms with Crippen LogP contribution >= 0.6 is 0 Å². The summed E-state index contributed by atoms with van der Waals surface area (Å²) in [6, 6.07) is 2.79. The SMILES string of the molecule is COCc1nccc(N2CCC(Cn3cnc(C(F)F)cc3=O)CC2)n1. The highest BCUT2D eigenvalue weighted by atomic mass is 19.3. The Bertz CT molecular complexity index is 791. The highest BCUT2D eigenvalue weighted by Gasteiger charge is 2.21. The van der Waals surface area contributed by atoms with Gasteiger partial charge in [-0.1, -0.05) is 0 Å². The standard InChI is InChI=1S/C17H21F2N5O2/c1-26-10-14-20-5-2-15(22-14)23-6-3-12(4-7-23)9-24-11-21-13(17(18)19)8-16(24)25/h2,5,8,11-12,17H,3-4,6-7,9-10H2,1H3. The first-order valence-electron chi connectivity index (χ1n) is 8.47. The fraction of sp³-hybridized carbons (Fsp3) is 0.529. The van der Waals surface area contributed by atoms with E-state index in [4.69, 9.17) is 4.74 Å². The number of anilines is 1. The predicted octanol–water partition coefficient (Wildman–Crippen LogP) is 2.03. The van der Waals surface area contributed by atoms with Gasteiger partial charge in [0.25, 0.3) is 12.0 Å². The lowest BCUT2D eigenvalue weighted by atomic mass is 9.96. The molecule has 1 aliphatic heterocycles. The lowest BCUT2D eigenvalue weighted by molar-refractivity contribution is 0.145. The highest BCUT2D eigenvalue weighted by molar-refractivity contribution is 5.37. The second kappa shape index (κ2) is 8.31. The third kappa shape index (κ3) is 4.40. The van der Waals surface area contributed by atoms with Gasteiger partial charge in [-0.2, -0.15) is 0 Å². The number of hydrogen-bond donors (Lipinski definition) is 0. The molecule has 7 nitrogen and oxygen atoms in total. The minimum Gasteiger partial charge on any atom is -0.377 e. The van der Waals surface area contributed by atoms with E-state index in [-0.39, 0.29) is 0 Å². The van der Waals surface area contributed by atoms with Crippen molar-refractivity contribution in [2.45, 2.75) is 32.4 Å². The summed E-state index contributed by atoms with van der Waals surface area (Å²) < 4.78 is 31.6. The minimum absolute atomic E-state index is 0.295. The summed E-state index contributed by atoms with van der Waals surface area (Å²) in [5.74, 6) is 1.80. The molecule has 3 rings (SSSR count). The maximum atomic E-state index is 12.6. The van der Waals surface area contributed by atoms with Crippen molar-refractivity contribution in [2.75, 3.05) is 25.1 Å². The molecule has 0 amide bonds. The molecular formula is C17H21F2N5O2. The van der Waals surface area contributed by atoms with Gasteiger partial charge in [0, 0.05) is 39.0 Å². The number of hydrogen-bond acceptors (Lipinski definition) is 6. The molecule has 1 saturated heterocycles. The molecule has 140 valence electrons. The van der Waals surface area contributed by atoms with E-state index in [1.165, 1.54) is 10.9 Å². The summed E-state index contributed by atoms with van der Waals surface area (Å²) in [6.45, 7) is 2.48. The van der Waals surface area contributed by atoms with Crippen LogP contribution in [0.25, 0.3) is 0 Å². The molecule has 0 spiro atoms. The van der Waals surface area contributed by atoms with Crippen molar-refractivity contribution in [3.8, 4) is 0 Å². The molecule has 0 N–H and O–H groups in total. The van der Waals surface area contributed by atoms with Crippen LogP contribution in [0.3, 0.4) is 0 Å². The topological polar surface area (TPSA) is 73.1 Å². The monoisotopic (exact) mass is 365 g/mol. The van der Waals surface area contributed by atoms with E-state index in [2.05, 4.69) is 19.9 Å². The molecule has 1 fully saturated rings. The van der Waals surface area contributed by atoms with Crippen LogP contribution in [0.5, 0.6) is 0 Å². The van der Waals surface area contributed by atoms with E-state index >= 15 is 0 Å². The average Bonchev–Trinajstić information content (AvgIpc) is 2.64. The van der Waals surface area contributed by atoms with Crippen LogP contribution in [-0.2, 0) is 17.9 Å². The molecule has 1 aliphatic rings. The van der Waals surface area contributed by atoms with Gasteiger partial charge in [0.15, 0.2) is 5.82 Å². The van der Waals surface area contributed by atoms with Crippen molar-refractivity contribution in [2.24, 2.45) is 5.92 Å². The number of halogens is 2. The third-order valence-corrected chi connectivity index (χ3v) is 4.48. The smallest absolute Gasteiger partial charge is 0.280 e. The molecule has 0 aliphatic carbocycles. The van der Waals surface area contributed by atoms with Gasteiger partial charge >= 0.3 is 0 Å². The molecule has 0 aromatic carbocycles. The number of piperidine rings is 1.